The maximum Gasteiger partial charge on any atom is 0.235 e. The predicted molar refractivity (Wildman–Crippen MR) is 27.5 cm³/mol. The van der Waals surface area contributed by atoms with Gasteiger partial charge in [-0.3, -0.25) is 8.94 Å². The third kappa shape index (κ3) is 0.988. The molecule has 48 valence electrons. The van der Waals surface area contributed by atoms with Crippen LogP contribution in [0, 0.1) is 0 Å². The highest BCUT2D eigenvalue weighted by atomic mass is 32.3. The van der Waals surface area contributed by atoms with Gasteiger partial charge in [-0.15, -0.1) is 0 Å². The molecule has 5 heteroatoms. The van der Waals surface area contributed by atoms with Crippen molar-refractivity contribution < 1.29 is 17.3 Å². The van der Waals surface area contributed by atoms with Crippen LogP contribution in [0.25, 0.3) is 0 Å². The summed E-state index contributed by atoms with van der Waals surface area (Å²) < 4.78 is 33.9. The SMILES string of the molecule is O=S1(O)=C(CCF)O1. The Hall–Kier alpha value is -0.130. The van der Waals surface area contributed by atoms with Crippen molar-refractivity contribution in [2.45, 2.75) is 6.42 Å². The van der Waals surface area contributed by atoms with E-state index in [0.29, 0.717) is 0 Å². The van der Waals surface area contributed by atoms with Crippen LogP contribution >= 0.6 is 0 Å². The summed E-state index contributed by atoms with van der Waals surface area (Å²) in [6.07, 6.45) is -0.0463. The van der Waals surface area contributed by atoms with Crippen molar-refractivity contribution in [2.75, 3.05) is 6.67 Å². The van der Waals surface area contributed by atoms with Gasteiger partial charge in [0.2, 0.25) is 10.1 Å². The second-order valence-corrected chi connectivity index (χ2v) is 2.94. The summed E-state index contributed by atoms with van der Waals surface area (Å²) in [6.45, 7) is -0.632. The molecule has 0 amide bonds. The number of rotatable bonds is 2. The van der Waals surface area contributed by atoms with Gasteiger partial charge in [-0.1, -0.05) is 0 Å². The van der Waals surface area contributed by atoms with E-state index in [1.807, 2.05) is 0 Å². The summed E-state index contributed by atoms with van der Waals surface area (Å²) in [5.41, 5.74) is 0. The van der Waals surface area contributed by atoms with Crippen molar-refractivity contribution in [3.8, 4) is 0 Å². The highest BCUT2D eigenvalue weighted by molar-refractivity contribution is 7.99. The van der Waals surface area contributed by atoms with E-state index in [9.17, 15) is 8.60 Å². The highest BCUT2D eigenvalue weighted by Gasteiger charge is 2.30. The van der Waals surface area contributed by atoms with Crippen LogP contribution < -0.4 is 0 Å². The van der Waals surface area contributed by atoms with Crippen molar-refractivity contribution in [3.05, 3.63) is 0 Å². The smallest absolute Gasteiger partial charge is 0.235 e. The number of hydrogen-bond donors (Lipinski definition) is 1. The maximum atomic E-state index is 11.3. The van der Waals surface area contributed by atoms with E-state index in [1.54, 1.807) is 0 Å². The number of alkyl halides is 1. The molecule has 1 N–H and O–H groups in total. The Morgan fingerprint density at radius 1 is 1.88 bits per heavy atom. The van der Waals surface area contributed by atoms with E-state index in [-0.39, 0.29) is 11.5 Å². The van der Waals surface area contributed by atoms with E-state index in [0.717, 1.165) is 0 Å². The van der Waals surface area contributed by atoms with Crippen LogP contribution in [0.1, 0.15) is 6.42 Å². The molecule has 0 bridgehead atoms. The normalized spacial score (nSPS) is 35.5. The quantitative estimate of drug-likeness (QED) is 0.556. The first kappa shape index (κ1) is 6.00. The van der Waals surface area contributed by atoms with Crippen LogP contribution in [0.15, 0.2) is 0 Å². The van der Waals surface area contributed by atoms with Crippen molar-refractivity contribution in [2.24, 2.45) is 0 Å². The summed E-state index contributed by atoms with van der Waals surface area (Å²) in [6, 6.07) is 0. The lowest BCUT2D eigenvalue weighted by Crippen LogP contribution is -1.82. The van der Waals surface area contributed by atoms with Crippen molar-refractivity contribution in [1.29, 1.82) is 0 Å². The molecule has 0 fully saturated rings. The molecule has 0 radical (unpaired) electrons. The Morgan fingerprint density at radius 2 is 2.38 bits per heavy atom. The minimum Gasteiger partial charge on any atom is -0.291 e. The van der Waals surface area contributed by atoms with Crippen LogP contribution in [-0.4, -0.2) is 20.5 Å². The largest absolute Gasteiger partial charge is 0.291 e. The summed E-state index contributed by atoms with van der Waals surface area (Å²) in [5, 5.41) is -0.0139. The van der Waals surface area contributed by atoms with Gasteiger partial charge in [0.25, 0.3) is 0 Å². The Labute approximate surface area is 46.5 Å². The Kier molecular flexibility index (Phi) is 1.26. The first-order valence-electron chi connectivity index (χ1n) is 2.04. The number of hydrogen-bond acceptors (Lipinski definition) is 2. The third-order valence-electron chi connectivity index (χ3n) is 0.766. The molecule has 1 heterocycles. The second kappa shape index (κ2) is 1.68. The van der Waals surface area contributed by atoms with E-state index in [4.69, 9.17) is 4.55 Å². The van der Waals surface area contributed by atoms with Gasteiger partial charge in [-0.25, -0.2) is 8.39 Å². The van der Waals surface area contributed by atoms with Crippen LogP contribution in [0.5, 0.6) is 0 Å². The molecule has 1 aliphatic heterocycles. The zero-order valence-corrected chi connectivity index (χ0v) is 4.78. The predicted octanol–water partition coefficient (Wildman–Crippen LogP) is 0.179. The monoisotopic (exact) mass is 140 g/mol. The summed E-state index contributed by atoms with van der Waals surface area (Å²) >= 11 is 0. The second-order valence-electron chi connectivity index (χ2n) is 1.37. The minimum atomic E-state index is -3.09. The molecular formula is C3H5FO3S. The van der Waals surface area contributed by atoms with Crippen molar-refractivity contribution in [3.63, 3.8) is 0 Å². The van der Waals surface area contributed by atoms with Crippen LogP contribution in [-0.2, 0) is 14.3 Å². The standard InChI is InChI=1S/C3H5FO3S/c4-2-1-3-7-8(3,5)6/h1-2H2,(H,5,6). The van der Waals surface area contributed by atoms with Crippen molar-refractivity contribution in [1.82, 2.24) is 0 Å². The molecule has 0 saturated carbocycles. The van der Waals surface area contributed by atoms with Crippen LogP contribution in [0.4, 0.5) is 4.39 Å². The Balaban J connectivity index is 2.55. The minimum absolute atomic E-state index is 0.0139. The van der Waals surface area contributed by atoms with E-state index >= 15 is 0 Å². The molecular weight excluding hydrogens is 135 g/mol. The molecule has 0 aliphatic carbocycles. The molecule has 3 nitrogen and oxygen atoms in total. The van der Waals surface area contributed by atoms with Gasteiger partial charge in [0.05, 0.1) is 6.67 Å². The van der Waals surface area contributed by atoms with Gasteiger partial charge in [0.1, 0.15) is 0 Å². The topological polar surface area (TPSA) is 49.8 Å². The fourth-order valence-electron chi connectivity index (χ4n) is 0.357. The summed E-state index contributed by atoms with van der Waals surface area (Å²) in [5.74, 6) is 0. The molecule has 0 aromatic rings. The third-order valence-corrected chi connectivity index (χ3v) is 1.90. The van der Waals surface area contributed by atoms with Gasteiger partial charge in [0, 0.05) is 6.42 Å². The lowest BCUT2D eigenvalue weighted by atomic mass is 10.5. The zero-order chi connectivity index (χ0) is 6.20. The number of halogens is 1. The first-order chi connectivity index (χ1) is 3.67. The highest BCUT2D eigenvalue weighted by Crippen LogP contribution is 2.14. The average molecular weight is 140 g/mol. The Bertz CT molecular complexity index is 203. The summed E-state index contributed by atoms with van der Waals surface area (Å²) in [7, 11) is -3.09. The van der Waals surface area contributed by atoms with E-state index in [2.05, 4.69) is 4.18 Å². The van der Waals surface area contributed by atoms with Gasteiger partial charge in [-0.05, 0) is 0 Å². The molecule has 8 heavy (non-hydrogen) atoms. The zero-order valence-electron chi connectivity index (χ0n) is 3.96. The summed E-state index contributed by atoms with van der Waals surface area (Å²) in [4.78, 5) is 0. The van der Waals surface area contributed by atoms with Gasteiger partial charge in [-0.2, -0.15) is 0 Å². The molecule has 0 saturated heterocycles. The lowest BCUT2D eigenvalue weighted by Gasteiger charge is -1.70. The maximum absolute atomic E-state index is 11.3. The first-order valence-corrected chi connectivity index (χ1v) is 3.49. The molecule has 0 spiro atoms. The fourth-order valence-corrected chi connectivity index (χ4v) is 1.17. The van der Waals surface area contributed by atoms with Gasteiger partial charge < -0.3 is 0 Å². The molecule has 1 aliphatic rings. The van der Waals surface area contributed by atoms with Crippen LogP contribution in [0.3, 0.4) is 0 Å². The van der Waals surface area contributed by atoms with Gasteiger partial charge in [0.15, 0.2) is 5.05 Å². The van der Waals surface area contributed by atoms with E-state index < -0.39 is 16.8 Å². The molecule has 1 atom stereocenters. The fraction of sp³-hybridized carbons (Fsp3) is 0.667. The lowest BCUT2D eigenvalue weighted by molar-refractivity contribution is 0.477. The average Bonchev–Trinajstić information content (AvgIpc) is 2.15. The van der Waals surface area contributed by atoms with Crippen molar-refractivity contribution >= 4 is 15.1 Å². The molecule has 0 aromatic heterocycles. The van der Waals surface area contributed by atoms with Gasteiger partial charge >= 0.3 is 0 Å². The molecule has 1 unspecified atom stereocenters. The Morgan fingerprint density at radius 3 is 2.50 bits per heavy atom. The van der Waals surface area contributed by atoms with Crippen LogP contribution in [0.2, 0.25) is 0 Å². The molecule has 0 aromatic carbocycles. The molecule has 1 rings (SSSR count). The van der Waals surface area contributed by atoms with E-state index in [1.165, 1.54) is 0 Å².